The molecular weight excluding hydrogens is 195 g/mol. The van der Waals surface area contributed by atoms with Gasteiger partial charge in [0.2, 0.25) is 0 Å². The molecule has 0 amide bonds. The summed E-state index contributed by atoms with van der Waals surface area (Å²) >= 11 is 0. The number of aromatic nitrogens is 1. The van der Waals surface area contributed by atoms with Crippen molar-refractivity contribution in [3.05, 3.63) is 24.0 Å². The fraction of sp³-hybridized carbons (Fsp3) is 0.222. The average molecular weight is 201 g/mol. The number of ether oxygens (including phenoxy) is 1. The molecule has 1 aromatic heterocycles. The second kappa shape index (κ2) is 4.01. The van der Waals surface area contributed by atoms with Gasteiger partial charge >= 0.3 is 6.36 Å². The summed E-state index contributed by atoms with van der Waals surface area (Å²) in [7, 11) is 0. The lowest BCUT2D eigenvalue weighted by atomic mass is 10.3. The third kappa shape index (κ3) is 3.35. The molecule has 0 saturated carbocycles. The number of nitrogens with zero attached hydrogens (tertiary/aromatic N) is 1. The normalized spacial score (nSPS) is 10.3. The highest BCUT2D eigenvalue weighted by Gasteiger charge is 2.31. The summed E-state index contributed by atoms with van der Waals surface area (Å²) in [6, 6.07) is 2.53. The first-order valence-electron chi connectivity index (χ1n) is 3.66. The Hall–Kier alpha value is -1.70. The number of rotatable bonds is 1. The first-order chi connectivity index (χ1) is 6.51. The summed E-state index contributed by atoms with van der Waals surface area (Å²) in [6.07, 6.45) is -3.70. The average Bonchev–Trinajstić information content (AvgIpc) is 2.06. The van der Waals surface area contributed by atoms with Gasteiger partial charge in [-0.2, -0.15) is 0 Å². The van der Waals surface area contributed by atoms with Crippen molar-refractivity contribution in [1.82, 2.24) is 4.98 Å². The molecule has 74 valence electrons. The lowest BCUT2D eigenvalue weighted by Gasteiger charge is -2.07. The summed E-state index contributed by atoms with van der Waals surface area (Å²) in [5, 5.41) is 0. The van der Waals surface area contributed by atoms with E-state index in [0.717, 1.165) is 6.20 Å². The zero-order valence-corrected chi connectivity index (χ0v) is 7.22. The molecule has 0 aliphatic heterocycles. The summed E-state index contributed by atoms with van der Waals surface area (Å²) in [4.78, 5) is 3.65. The first kappa shape index (κ1) is 10.4. The van der Waals surface area contributed by atoms with E-state index in [0.29, 0.717) is 5.69 Å². The van der Waals surface area contributed by atoms with Crippen LogP contribution in [0.2, 0.25) is 0 Å². The predicted molar refractivity (Wildman–Crippen MR) is 43.5 cm³/mol. The molecule has 0 saturated heterocycles. The fourth-order valence-corrected chi connectivity index (χ4v) is 0.776. The number of pyridine rings is 1. The Labute approximate surface area is 78.7 Å². The number of hydrogen-bond acceptors (Lipinski definition) is 2. The molecule has 0 aliphatic rings. The van der Waals surface area contributed by atoms with Gasteiger partial charge in [-0.25, -0.2) is 4.98 Å². The van der Waals surface area contributed by atoms with Crippen molar-refractivity contribution in [3.8, 4) is 17.6 Å². The summed E-state index contributed by atoms with van der Waals surface area (Å²) in [5.41, 5.74) is 0.405. The Morgan fingerprint density at radius 3 is 2.50 bits per heavy atom. The molecule has 0 bridgehead atoms. The second-order valence-electron chi connectivity index (χ2n) is 2.30. The lowest BCUT2D eigenvalue weighted by molar-refractivity contribution is -0.274. The number of alkyl halides is 3. The van der Waals surface area contributed by atoms with Gasteiger partial charge in [0.25, 0.3) is 0 Å². The maximum absolute atomic E-state index is 11.7. The van der Waals surface area contributed by atoms with E-state index in [1.54, 1.807) is 6.92 Å². The van der Waals surface area contributed by atoms with E-state index in [4.69, 9.17) is 0 Å². The van der Waals surface area contributed by atoms with E-state index in [1.165, 1.54) is 12.1 Å². The zero-order valence-electron chi connectivity index (χ0n) is 7.22. The van der Waals surface area contributed by atoms with E-state index < -0.39 is 6.36 Å². The van der Waals surface area contributed by atoms with Gasteiger partial charge in [-0.3, -0.25) is 0 Å². The Bertz CT molecular complexity index is 358. The zero-order chi connectivity index (χ0) is 10.6. The Balaban J connectivity index is 2.77. The molecule has 5 heteroatoms. The third-order valence-electron chi connectivity index (χ3n) is 1.22. The fourth-order valence-electron chi connectivity index (χ4n) is 0.776. The Kier molecular flexibility index (Phi) is 2.97. The van der Waals surface area contributed by atoms with Crippen molar-refractivity contribution in [3.63, 3.8) is 0 Å². The molecule has 1 heterocycles. The van der Waals surface area contributed by atoms with Crippen molar-refractivity contribution in [2.45, 2.75) is 13.3 Å². The number of hydrogen-bond donors (Lipinski definition) is 0. The standard InChI is InChI=1S/C9H6F3NO/c1-2-3-7-4-5-8(6-13-7)14-9(10,11)12/h4-6H,1H3. The minimum Gasteiger partial charge on any atom is -0.404 e. The SMILES string of the molecule is CC#Cc1ccc(OC(F)(F)F)cn1. The van der Waals surface area contributed by atoms with Gasteiger partial charge in [-0.05, 0) is 25.0 Å². The van der Waals surface area contributed by atoms with Crippen molar-refractivity contribution in [2.24, 2.45) is 0 Å². The van der Waals surface area contributed by atoms with E-state index in [-0.39, 0.29) is 5.75 Å². The monoisotopic (exact) mass is 201 g/mol. The van der Waals surface area contributed by atoms with Gasteiger partial charge < -0.3 is 4.74 Å². The molecule has 0 atom stereocenters. The van der Waals surface area contributed by atoms with Gasteiger partial charge in [0.05, 0.1) is 6.20 Å². The van der Waals surface area contributed by atoms with Crippen molar-refractivity contribution in [2.75, 3.05) is 0 Å². The van der Waals surface area contributed by atoms with Gasteiger partial charge in [0, 0.05) is 0 Å². The molecule has 0 aliphatic carbocycles. The molecule has 1 rings (SSSR count). The van der Waals surface area contributed by atoms with Gasteiger partial charge in [0.1, 0.15) is 11.4 Å². The molecule has 0 aromatic carbocycles. The molecule has 0 unspecified atom stereocenters. The molecule has 0 fully saturated rings. The smallest absolute Gasteiger partial charge is 0.404 e. The molecule has 1 aromatic rings. The summed E-state index contributed by atoms with van der Waals surface area (Å²) in [6.45, 7) is 1.61. The Morgan fingerprint density at radius 1 is 1.36 bits per heavy atom. The molecule has 0 radical (unpaired) electrons. The third-order valence-corrected chi connectivity index (χ3v) is 1.22. The molecular formula is C9H6F3NO. The van der Waals surface area contributed by atoms with Crippen LogP contribution in [0, 0.1) is 11.8 Å². The van der Waals surface area contributed by atoms with Crippen LogP contribution >= 0.6 is 0 Å². The first-order valence-corrected chi connectivity index (χ1v) is 3.66. The molecule has 0 spiro atoms. The second-order valence-corrected chi connectivity index (χ2v) is 2.30. The minimum absolute atomic E-state index is 0.348. The topological polar surface area (TPSA) is 22.1 Å². The van der Waals surface area contributed by atoms with E-state index in [1.807, 2.05) is 0 Å². The van der Waals surface area contributed by atoms with Crippen LogP contribution in [0.3, 0.4) is 0 Å². The van der Waals surface area contributed by atoms with Gasteiger partial charge in [-0.15, -0.1) is 13.2 Å². The largest absolute Gasteiger partial charge is 0.573 e. The van der Waals surface area contributed by atoms with Crippen LogP contribution in [0.15, 0.2) is 18.3 Å². The van der Waals surface area contributed by atoms with E-state index in [9.17, 15) is 13.2 Å². The maximum Gasteiger partial charge on any atom is 0.573 e. The highest BCUT2D eigenvalue weighted by Crippen LogP contribution is 2.21. The van der Waals surface area contributed by atoms with E-state index >= 15 is 0 Å². The van der Waals surface area contributed by atoms with Gasteiger partial charge in [-0.1, -0.05) is 5.92 Å². The van der Waals surface area contributed by atoms with Crippen LogP contribution in [0.5, 0.6) is 5.75 Å². The van der Waals surface area contributed by atoms with Crippen LogP contribution in [-0.2, 0) is 0 Å². The van der Waals surface area contributed by atoms with Crippen LogP contribution in [0.25, 0.3) is 0 Å². The van der Waals surface area contributed by atoms with E-state index in [2.05, 4.69) is 21.6 Å². The maximum atomic E-state index is 11.7. The van der Waals surface area contributed by atoms with Crippen molar-refractivity contribution < 1.29 is 17.9 Å². The Morgan fingerprint density at radius 2 is 2.07 bits per heavy atom. The predicted octanol–water partition coefficient (Wildman–Crippen LogP) is 2.35. The quantitative estimate of drug-likeness (QED) is 0.650. The van der Waals surface area contributed by atoms with Gasteiger partial charge in [0.15, 0.2) is 0 Å². The van der Waals surface area contributed by atoms with Crippen molar-refractivity contribution >= 4 is 0 Å². The minimum atomic E-state index is -4.68. The van der Waals surface area contributed by atoms with Crippen LogP contribution in [0.4, 0.5) is 13.2 Å². The molecule has 0 N–H and O–H groups in total. The number of halogens is 3. The molecule has 2 nitrogen and oxygen atoms in total. The van der Waals surface area contributed by atoms with Crippen LogP contribution in [-0.4, -0.2) is 11.3 Å². The lowest BCUT2D eigenvalue weighted by Crippen LogP contribution is -2.17. The van der Waals surface area contributed by atoms with Crippen molar-refractivity contribution in [1.29, 1.82) is 0 Å². The summed E-state index contributed by atoms with van der Waals surface area (Å²) in [5.74, 6) is 4.83. The highest BCUT2D eigenvalue weighted by molar-refractivity contribution is 5.30. The van der Waals surface area contributed by atoms with Crippen LogP contribution < -0.4 is 4.74 Å². The summed E-state index contributed by atoms with van der Waals surface area (Å²) < 4.78 is 38.8. The van der Waals surface area contributed by atoms with Crippen LogP contribution in [0.1, 0.15) is 12.6 Å². The molecule has 14 heavy (non-hydrogen) atoms. The highest BCUT2D eigenvalue weighted by atomic mass is 19.4.